The molecule has 0 unspecified atom stereocenters. The van der Waals surface area contributed by atoms with Crippen LogP contribution in [0.4, 0.5) is 11.4 Å². The summed E-state index contributed by atoms with van der Waals surface area (Å²) in [7, 11) is -3.65. The van der Waals surface area contributed by atoms with Crippen molar-refractivity contribution in [1.82, 2.24) is 9.29 Å². The van der Waals surface area contributed by atoms with Crippen LogP contribution in [0.25, 0.3) is 0 Å². The first-order valence-electron chi connectivity index (χ1n) is 9.74. The van der Waals surface area contributed by atoms with Crippen molar-refractivity contribution in [2.75, 3.05) is 49.6 Å². The lowest BCUT2D eigenvalue weighted by molar-refractivity contribution is 0.0730. The molecule has 0 saturated carbocycles. The maximum atomic E-state index is 13.1. The molecule has 0 bridgehead atoms. The lowest BCUT2D eigenvalue weighted by Crippen LogP contribution is -2.40. The molecule has 1 N–H and O–H groups in total. The molecule has 1 aromatic carbocycles. The van der Waals surface area contributed by atoms with Crippen LogP contribution in [0, 0.1) is 0 Å². The number of aromatic nitrogens is 1. The number of rotatable bonds is 5. The van der Waals surface area contributed by atoms with Crippen molar-refractivity contribution in [3.8, 4) is 0 Å². The van der Waals surface area contributed by atoms with Gasteiger partial charge in [0.2, 0.25) is 10.0 Å². The predicted molar refractivity (Wildman–Crippen MR) is 110 cm³/mol. The van der Waals surface area contributed by atoms with Gasteiger partial charge < -0.3 is 15.0 Å². The zero-order chi connectivity index (χ0) is 20.3. The van der Waals surface area contributed by atoms with E-state index in [-0.39, 0.29) is 10.8 Å². The van der Waals surface area contributed by atoms with Crippen LogP contribution in [0.3, 0.4) is 0 Å². The van der Waals surface area contributed by atoms with E-state index in [2.05, 4.69) is 15.2 Å². The molecule has 2 aromatic rings. The van der Waals surface area contributed by atoms with Crippen LogP contribution in [0.2, 0.25) is 0 Å². The van der Waals surface area contributed by atoms with Gasteiger partial charge in [-0.1, -0.05) is 0 Å². The zero-order valence-corrected chi connectivity index (χ0v) is 16.9. The van der Waals surface area contributed by atoms with Gasteiger partial charge in [-0.25, -0.2) is 8.42 Å². The number of carbonyl (C=O) groups excluding carboxylic acids is 1. The number of nitrogens with zero attached hydrogens (tertiary/aromatic N) is 3. The average Bonchev–Trinajstić information content (AvgIpc) is 3.29. The Hall–Kier alpha value is -2.49. The van der Waals surface area contributed by atoms with Crippen LogP contribution in [-0.2, 0) is 14.8 Å². The molecule has 2 saturated heterocycles. The van der Waals surface area contributed by atoms with Gasteiger partial charge in [-0.15, -0.1) is 0 Å². The summed E-state index contributed by atoms with van der Waals surface area (Å²) < 4.78 is 32.8. The standard InChI is InChI=1S/C20H24N4O4S/c25-20(16-5-7-21-8-6-16)22-18-15-17(3-4-19(18)23-9-1-2-10-23)29(26,27)24-11-13-28-14-12-24/h3-8,15H,1-2,9-14H2,(H,22,25). The molecule has 2 aliphatic heterocycles. The normalized spacial score (nSPS) is 18.0. The summed E-state index contributed by atoms with van der Waals surface area (Å²) in [5.41, 5.74) is 1.81. The van der Waals surface area contributed by atoms with Gasteiger partial charge in [0.25, 0.3) is 5.91 Å². The van der Waals surface area contributed by atoms with Gasteiger partial charge in [0.05, 0.1) is 29.5 Å². The van der Waals surface area contributed by atoms with E-state index in [0.717, 1.165) is 31.6 Å². The van der Waals surface area contributed by atoms with Crippen molar-refractivity contribution in [3.05, 3.63) is 48.3 Å². The predicted octanol–water partition coefficient (Wildman–Crippen LogP) is 1.95. The van der Waals surface area contributed by atoms with E-state index in [1.807, 2.05) is 0 Å². The van der Waals surface area contributed by atoms with Gasteiger partial charge in [0.15, 0.2) is 0 Å². The monoisotopic (exact) mass is 416 g/mol. The molecule has 9 heteroatoms. The topological polar surface area (TPSA) is 91.8 Å². The summed E-state index contributed by atoms with van der Waals surface area (Å²) in [6.07, 6.45) is 5.25. The van der Waals surface area contributed by atoms with E-state index in [1.165, 1.54) is 4.31 Å². The van der Waals surface area contributed by atoms with Crippen LogP contribution in [0.15, 0.2) is 47.6 Å². The second-order valence-electron chi connectivity index (χ2n) is 7.08. The van der Waals surface area contributed by atoms with Crippen molar-refractivity contribution in [3.63, 3.8) is 0 Å². The van der Waals surface area contributed by atoms with E-state index in [4.69, 9.17) is 4.74 Å². The number of hydrogen-bond acceptors (Lipinski definition) is 6. The third kappa shape index (κ3) is 4.26. The van der Waals surface area contributed by atoms with Crippen LogP contribution in [-0.4, -0.2) is 63.0 Å². The second kappa shape index (κ2) is 8.48. The number of carbonyl (C=O) groups is 1. The quantitative estimate of drug-likeness (QED) is 0.801. The van der Waals surface area contributed by atoms with Gasteiger partial charge in [0.1, 0.15) is 0 Å². The van der Waals surface area contributed by atoms with Gasteiger partial charge in [0, 0.05) is 44.1 Å². The molecule has 154 valence electrons. The fourth-order valence-corrected chi connectivity index (χ4v) is 5.08. The maximum absolute atomic E-state index is 13.1. The Balaban J connectivity index is 1.68. The Kier molecular flexibility index (Phi) is 5.79. The SMILES string of the molecule is O=C(Nc1cc(S(=O)(=O)N2CCOCC2)ccc1N1CCCC1)c1ccncc1. The molecule has 2 aliphatic rings. The van der Waals surface area contributed by atoms with Crippen LogP contribution >= 0.6 is 0 Å². The highest BCUT2D eigenvalue weighted by atomic mass is 32.2. The van der Waals surface area contributed by atoms with E-state index < -0.39 is 10.0 Å². The fourth-order valence-electron chi connectivity index (χ4n) is 3.64. The third-order valence-electron chi connectivity index (χ3n) is 5.21. The molecule has 8 nitrogen and oxygen atoms in total. The number of amides is 1. The summed E-state index contributed by atoms with van der Waals surface area (Å²) in [5, 5.41) is 2.90. The van der Waals surface area contributed by atoms with Crippen molar-refractivity contribution in [2.24, 2.45) is 0 Å². The summed E-state index contributed by atoms with van der Waals surface area (Å²) in [6.45, 7) is 3.19. The first-order chi connectivity index (χ1) is 14.1. The Morgan fingerprint density at radius 1 is 1.00 bits per heavy atom. The van der Waals surface area contributed by atoms with Gasteiger partial charge in [-0.2, -0.15) is 4.31 Å². The van der Waals surface area contributed by atoms with Crippen molar-refractivity contribution in [2.45, 2.75) is 17.7 Å². The molecule has 1 aromatic heterocycles. The van der Waals surface area contributed by atoms with E-state index >= 15 is 0 Å². The first-order valence-corrected chi connectivity index (χ1v) is 11.2. The van der Waals surface area contributed by atoms with E-state index in [9.17, 15) is 13.2 Å². The highest BCUT2D eigenvalue weighted by Gasteiger charge is 2.28. The van der Waals surface area contributed by atoms with Crippen molar-refractivity contribution < 1.29 is 17.9 Å². The van der Waals surface area contributed by atoms with Gasteiger partial charge in [-0.3, -0.25) is 9.78 Å². The largest absolute Gasteiger partial charge is 0.379 e. The zero-order valence-electron chi connectivity index (χ0n) is 16.1. The van der Waals surface area contributed by atoms with Gasteiger partial charge >= 0.3 is 0 Å². The Morgan fingerprint density at radius 3 is 2.38 bits per heavy atom. The van der Waals surface area contributed by atoms with Crippen LogP contribution < -0.4 is 10.2 Å². The lowest BCUT2D eigenvalue weighted by Gasteiger charge is -2.27. The summed E-state index contributed by atoms with van der Waals surface area (Å²) >= 11 is 0. The second-order valence-corrected chi connectivity index (χ2v) is 9.02. The number of morpholine rings is 1. The Morgan fingerprint density at radius 2 is 1.69 bits per heavy atom. The number of pyridine rings is 1. The minimum absolute atomic E-state index is 0.173. The minimum atomic E-state index is -3.65. The number of nitrogens with one attached hydrogen (secondary N) is 1. The lowest BCUT2D eigenvalue weighted by atomic mass is 10.2. The molecule has 3 heterocycles. The van der Waals surface area contributed by atoms with Crippen LogP contribution in [0.1, 0.15) is 23.2 Å². The van der Waals surface area contributed by atoms with Crippen molar-refractivity contribution >= 4 is 27.3 Å². The number of ether oxygens (including phenoxy) is 1. The molecule has 4 rings (SSSR count). The fraction of sp³-hybridized carbons (Fsp3) is 0.400. The molecular formula is C20H24N4O4S. The summed E-state index contributed by atoms with van der Waals surface area (Å²) in [6, 6.07) is 8.23. The molecule has 0 aliphatic carbocycles. The highest BCUT2D eigenvalue weighted by molar-refractivity contribution is 7.89. The highest BCUT2D eigenvalue weighted by Crippen LogP contribution is 2.32. The number of sulfonamides is 1. The smallest absolute Gasteiger partial charge is 0.255 e. The number of benzene rings is 1. The Labute approximate surface area is 170 Å². The van der Waals surface area contributed by atoms with Gasteiger partial charge in [-0.05, 0) is 43.2 Å². The molecule has 1 amide bonds. The molecule has 0 atom stereocenters. The number of anilines is 2. The molecular weight excluding hydrogens is 392 g/mol. The number of hydrogen-bond donors (Lipinski definition) is 1. The molecule has 0 spiro atoms. The third-order valence-corrected chi connectivity index (χ3v) is 7.11. The van der Waals surface area contributed by atoms with Crippen LogP contribution in [0.5, 0.6) is 0 Å². The van der Waals surface area contributed by atoms with E-state index in [0.29, 0.717) is 37.6 Å². The molecule has 2 fully saturated rings. The maximum Gasteiger partial charge on any atom is 0.255 e. The molecule has 29 heavy (non-hydrogen) atoms. The van der Waals surface area contributed by atoms with Crippen molar-refractivity contribution in [1.29, 1.82) is 0 Å². The Bertz CT molecular complexity index is 969. The molecule has 0 radical (unpaired) electrons. The summed E-state index contributed by atoms with van der Waals surface area (Å²) in [4.78, 5) is 19.0. The summed E-state index contributed by atoms with van der Waals surface area (Å²) in [5.74, 6) is -0.297. The average molecular weight is 417 g/mol. The first kappa shape index (κ1) is 19.8. The van der Waals surface area contributed by atoms with E-state index in [1.54, 1.807) is 42.7 Å². The minimum Gasteiger partial charge on any atom is -0.379 e.